The Morgan fingerprint density at radius 1 is 1.53 bits per heavy atom. The van der Waals surface area contributed by atoms with E-state index in [1.165, 1.54) is 6.42 Å². The highest BCUT2D eigenvalue weighted by Gasteiger charge is 2.14. The summed E-state index contributed by atoms with van der Waals surface area (Å²) in [7, 11) is 1.64. The van der Waals surface area contributed by atoms with E-state index in [9.17, 15) is 0 Å². The van der Waals surface area contributed by atoms with Crippen molar-refractivity contribution in [1.82, 2.24) is 0 Å². The Morgan fingerprint density at radius 3 is 3.00 bits per heavy atom. The zero-order valence-corrected chi connectivity index (χ0v) is 12.0. The minimum atomic E-state index is 0.263. The molecule has 0 amide bonds. The molecule has 19 heavy (non-hydrogen) atoms. The Balaban J connectivity index is 2.06. The Kier molecular flexibility index (Phi) is 4.99. The minimum absolute atomic E-state index is 0.263. The van der Waals surface area contributed by atoms with E-state index in [1.54, 1.807) is 7.11 Å². The lowest BCUT2D eigenvalue weighted by molar-refractivity contribution is 0.0247. The van der Waals surface area contributed by atoms with Crippen molar-refractivity contribution >= 4 is 22.9 Å². The van der Waals surface area contributed by atoms with Crippen LogP contribution in [-0.4, -0.2) is 31.4 Å². The van der Waals surface area contributed by atoms with E-state index in [1.807, 2.05) is 18.2 Å². The quantitative estimate of drug-likeness (QED) is 0.811. The van der Waals surface area contributed by atoms with Gasteiger partial charge in [0.25, 0.3) is 0 Å². The van der Waals surface area contributed by atoms with Crippen molar-refractivity contribution in [2.24, 2.45) is 5.73 Å². The molecule has 1 aliphatic rings. The standard InChI is InChI=1S/C14H20N2O2S/c1-17-10-5-6-12(14(15)19)13(8-10)16-9-11-4-2-3-7-18-11/h5-6,8,11,16H,2-4,7,9H2,1H3,(H2,15,19). The summed E-state index contributed by atoms with van der Waals surface area (Å²) in [6, 6.07) is 5.65. The predicted molar refractivity (Wildman–Crippen MR) is 81.0 cm³/mol. The van der Waals surface area contributed by atoms with Crippen molar-refractivity contribution in [1.29, 1.82) is 0 Å². The maximum atomic E-state index is 5.73. The first kappa shape index (κ1) is 14.1. The molecule has 0 aromatic heterocycles. The van der Waals surface area contributed by atoms with Crippen LogP contribution in [0.1, 0.15) is 24.8 Å². The number of nitrogens with one attached hydrogen (secondary N) is 1. The molecule has 1 unspecified atom stereocenters. The van der Waals surface area contributed by atoms with E-state index in [0.717, 1.165) is 43.0 Å². The van der Waals surface area contributed by atoms with Gasteiger partial charge in [-0.05, 0) is 31.4 Å². The van der Waals surface area contributed by atoms with E-state index in [4.69, 9.17) is 27.4 Å². The normalized spacial score (nSPS) is 18.9. The second-order valence-electron chi connectivity index (χ2n) is 4.65. The Morgan fingerprint density at radius 2 is 2.37 bits per heavy atom. The SMILES string of the molecule is COc1ccc(C(N)=S)c(NCC2CCCCO2)c1. The molecule has 1 saturated heterocycles. The third kappa shape index (κ3) is 3.81. The van der Waals surface area contributed by atoms with Crippen LogP contribution in [0, 0.1) is 0 Å². The molecule has 1 atom stereocenters. The molecule has 2 rings (SSSR count). The fourth-order valence-corrected chi connectivity index (χ4v) is 2.38. The van der Waals surface area contributed by atoms with Crippen LogP contribution >= 0.6 is 12.2 Å². The summed E-state index contributed by atoms with van der Waals surface area (Å²) in [6.07, 6.45) is 3.75. The van der Waals surface area contributed by atoms with E-state index in [0.29, 0.717) is 4.99 Å². The number of hydrogen-bond acceptors (Lipinski definition) is 4. The van der Waals surface area contributed by atoms with Gasteiger partial charge in [0, 0.05) is 30.5 Å². The molecule has 1 aliphatic heterocycles. The molecule has 104 valence electrons. The predicted octanol–water partition coefficient (Wildman–Crippen LogP) is 2.31. The van der Waals surface area contributed by atoms with E-state index >= 15 is 0 Å². The van der Waals surface area contributed by atoms with Crippen molar-refractivity contribution in [3.05, 3.63) is 23.8 Å². The first-order valence-electron chi connectivity index (χ1n) is 6.54. The molecule has 1 heterocycles. The van der Waals surface area contributed by atoms with Crippen molar-refractivity contribution in [3.63, 3.8) is 0 Å². The summed E-state index contributed by atoms with van der Waals surface area (Å²) >= 11 is 5.07. The zero-order valence-electron chi connectivity index (χ0n) is 11.1. The van der Waals surface area contributed by atoms with E-state index in [-0.39, 0.29) is 6.10 Å². The molecule has 4 nitrogen and oxygen atoms in total. The van der Waals surface area contributed by atoms with Crippen molar-refractivity contribution < 1.29 is 9.47 Å². The lowest BCUT2D eigenvalue weighted by Gasteiger charge is -2.24. The molecule has 0 spiro atoms. The molecule has 1 fully saturated rings. The van der Waals surface area contributed by atoms with Gasteiger partial charge in [0.15, 0.2) is 0 Å². The topological polar surface area (TPSA) is 56.5 Å². The minimum Gasteiger partial charge on any atom is -0.497 e. The van der Waals surface area contributed by atoms with Crippen LogP contribution in [0.2, 0.25) is 0 Å². The number of methoxy groups -OCH3 is 1. The van der Waals surface area contributed by atoms with Crippen molar-refractivity contribution in [3.8, 4) is 5.75 Å². The Bertz CT molecular complexity index is 445. The number of nitrogens with two attached hydrogens (primary N) is 1. The second-order valence-corrected chi connectivity index (χ2v) is 5.09. The maximum Gasteiger partial charge on any atom is 0.120 e. The smallest absolute Gasteiger partial charge is 0.120 e. The monoisotopic (exact) mass is 280 g/mol. The average Bonchev–Trinajstić information content (AvgIpc) is 2.45. The van der Waals surface area contributed by atoms with Crippen molar-refractivity contribution in [2.75, 3.05) is 25.6 Å². The van der Waals surface area contributed by atoms with Crippen LogP contribution in [-0.2, 0) is 4.74 Å². The molecule has 1 aromatic rings. The molecule has 0 radical (unpaired) electrons. The van der Waals surface area contributed by atoms with Gasteiger partial charge in [-0.15, -0.1) is 0 Å². The third-order valence-electron chi connectivity index (χ3n) is 3.29. The van der Waals surface area contributed by atoms with Gasteiger partial charge in [0.05, 0.1) is 13.2 Å². The van der Waals surface area contributed by atoms with Gasteiger partial charge >= 0.3 is 0 Å². The maximum absolute atomic E-state index is 5.73. The number of benzene rings is 1. The summed E-state index contributed by atoms with van der Waals surface area (Å²) in [5, 5.41) is 3.37. The lowest BCUT2D eigenvalue weighted by atomic mass is 10.1. The molecular formula is C14H20N2O2S. The van der Waals surface area contributed by atoms with Gasteiger partial charge in [-0.3, -0.25) is 0 Å². The number of rotatable bonds is 5. The number of thiocarbonyl (C=S) groups is 1. The summed E-state index contributed by atoms with van der Waals surface area (Å²) in [5.74, 6) is 0.784. The summed E-state index contributed by atoms with van der Waals surface area (Å²) < 4.78 is 10.9. The van der Waals surface area contributed by atoms with Crippen LogP contribution in [0.25, 0.3) is 0 Å². The lowest BCUT2D eigenvalue weighted by Crippen LogP contribution is -2.27. The highest BCUT2D eigenvalue weighted by atomic mass is 32.1. The van der Waals surface area contributed by atoms with Crippen LogP contribution in [0.5, 0.6) is 5.75 Å². The Labute approximate surface area is 119 Å². The molecule has 0 saturated carbocycles. The average molecular weight is 280 g/mol. The molecule has 3 N–H and O–H groups in total. The van der Waals surface area contributed by atoms with Gasteiger partial charge < -0.3 is 20.5 Å². The Hall–Kier alpha value is -1.33. The van der Waals surface area contributed by atoms with Crippen LogP contribution in [0.4, 0.5) is 5.69 Å². The van der Waals surface area contributed by atoms with Crippen LogP contribution in [0.3, 0.4) is 0 Å². The van der Waals surface area contributed by atoms with Gasteiger partial charge in [-0.2, -0.15) is 0 Å². The second kappa shape index (κ2) is 6.73. The number of ether oxygens (including phenoxy) is 2. The third-order valence-corrected chi connectivity index (χ3v) is 3.51. The highest BCUT2D eigenvalue weighted by molar-refractivity contribution is 7.80. The summed E-state index contributed by atoms with van der Waals surface area (Å²) in [4.78, 5) is 0.384. The molecule has 0 bridgehead atoms. The number of hydrogen-bond donors (Lipinski definition) is 2. The first-order valence-corrected chi connectivity index (χ1v) is 6.95. The zero-order chi connectivity index (χ0) is 13.7. The van der Waals surface area contributed by atoms with E-state index < -0.39 is 0 Å². The molecule has 1 aromatic carbocycles. The van der Waals surface area contributed by atoms with Gasteiger partial charge in [0.1, 0.15) is 10.7 Å². The first-order chi connectivity index (χ1) is 9.20. The largest absolute Gasteiger partial charge is 0.497 e. The van der Waals surface area contributed by atoms with Gasteiger partial charge in [-0.1, -0.05) is 12.2 Å². The highest BCUT2D eigenvalue weighted by Crippen LogP contribution is 2.23. The van der Waals surface area contributed by atoms with Crippen LogP contribution in [0.15, 0.2) is 18.2 Å². The fourth-order valence-electron chi connectivity index (χ4n) is 2.20. The fraction of sp³-hybridized carbons (Fsp3) is 0.500. The van der Waals surface area contributed by atoms with Gasteiger partial charge in [-0.25, -0.2) is 0 Å². The van der Waals surface area contributed by atoms with Crippen LogP contribution < -0.4 is 15.8 Å². The number of anilines is 1. The van der Waals surface area contributed by atoms with Gasteiger partial charge in [0.2, 0.25) is 0 Å². The summed E-state index contributed by atoms with van der Waals surface area (Å²) in [6.45, 7) is 1.62. The molecule has 5 heteroatoms. The van der Waals surface area contributed by atoms with Crippen molar-refractivity contribution in [2.45, 2.75) is 25.4 Å². The summed E-state index contributed by atoms with van der Waals surface area (Å²) in [5.41, 5.74) is 7.48. The van der Waals surface area contributed by atoms with E-state index in [2.05, 4.69) is 5.32 Å². The molecular weight excluding hydrogens is 260 g/mol. The molecule has 0 aliphatic carbocycles.